The first-order valence-corrected chi connectivity index (χ1v) is 4.26. The van der Waals surface area contributed by atoms with Gasteiger partial charge in [0.25, 0.3) is 0 Å². The van der Waals surface area contributed by atoms with E-state index >= 15 is 0 Å². The minimum absolute atomic E-state index is 0.0270. The summed E-state index contributed by atoms with van der Waals surface area (Å²) in [6, 6.07) is 0. The van der Waals surface area contributed by atoms with E-state index in [0.29, 0.717) is 17.1 Å². The van der Waals surface area contributed by atoms with Gasteiger partial charge in [-0.15, -0.1) is 0 Å². The van der Waals surface area contributed by atoms with E-state index in [4.69, 9.17) is 9.52 Å². The molecule has 0 aromatic carbocycles. The number of aromatic carboxylic acids is 1. The zero-order valence-electron chi connectivity index (χ0n) is 8.26. The molecule has 2 aromatic heterocycles. The van der Waals surface area contributed by atoms with E-state index in [9.17, 15) is 4.79 Å². The first-order chi connectivity index (χ1) is 7.09. The molecule has 2 aromatic rings. The number of oxazole rings is 1. The van der Waals surface area contributed by atoms with Crippen LogP contribution in [0.4, 0.5) is 0 Å². The first kappa shape index (κ1) is 9.45. The highest BCUT2D eigenvalue weighted by atomic mass is 16.4. The fourth-order valence-corrected chi connectivity index (χ4v) is 1.32. The Hall–Kier alpha value is -2.11. The third kappa shape index (κ3) is 1.50. The molecule has 15 heavy (non-hydrogen) atoms. The summed E-state index contributed by atoms with van der Waals surface area (Å²) >= 11 is 0. The SMILES string of the molecule is Cc1ncoc1-c1cn(C)c(C(=O)O)n1. The fraction of sp³-hybridized carbons (Fsp3) is 0.222. The minimum atomic E-state index is -1.07. The topological polar surface area (TPSA) is 81.2 Å². The maximum atomic E-state index is 10.8. The van der Waals surface area contributed by atoms with Gasteiger partial charge in [-0.2, -0.15) is 0 Å². The van der Waals surface area contributed by atoms with Crippen LogP contribution in [0, 0.1) is 6.92 Å². The number of carboxylic acids is 1. The van der Waals surface area contributed by atoms with Crippen molar-refractivity contribution in [3.8, 4) is 11.5 Å². The van der Waals surface area contributed by atoms with Crippen molar-refractivity contribution in [2.45, 2.75) is 6.92 Å². The monoisotopic (exact) mass is 207 g/mol. The minimum Gasteiger partial charge on any atom is -0.475 e. The van der Waals surface area contributed by atoms with Crippen molar-refractivity contribution in [1.29, 1.82) is 0 Å². The Labute approximate surface area is 85.2 Å². The number of imidazole rings is 1. The van der Waals surface area contributed by atoms with Crippen LogP contribution in [-0.2, 0) is 7.05 Å². The summed E-state index contributed by atoms with van der Waals surface area (Å²) in [6.45, 7) is 1.77. The highest BCUT2D eigenvalue weighted by Gasteiger charge is 2.16. The maximum Gasteiger partial charge on any atom is 0.372 e. The van der Waals surface area contributed by atoms with Gasteiger partial charge in [-0.1, -0.05) is 0 Å². The molecular formula is C9H9N3O3. The summed E-state index contributed by atoms with van der Waals surface area (Å²) in [5, 5.41) is 8.82. The zero-order chi connectivity index (χ0) is 11.0. The predicted octanol–water partition coefficient (Wildman–Crippen LogP) is 1.08. The highest BCUT2D eigenvalue weighted by Crippen LogP contribution is 2.21. The van der Waals surface area contributed by atoms with E-state index in [1.54, 1.807) is 20.2 Å². The number of hydrogen-bond donors (Lipinski definition) is 1. The van der Waals surface area contributed by atoms with Crippen LogP contribution in [0.3, 0.4) is 0 Å². The molecule has 0 unspecified atom stereocenters. The predicted molar refractivity (Wildman–Crippen MR) is 50.4 cm³/mol. The second kappa shape index (κ2) is 3.23. The van der Waals surface area contributed by atoms with Gasteiger partial charge in [0.15, 0.2) is 12.2 Å². The quantitative estimate of drug-likeness (QED) is 0.796. The van der Waals surface area contributed by atoms with Gasteiger partial charge in [0, 0.05) is 13.2 Å². The number of aryl methyl sites for hydroxylation is 2. The summed E-state index contributed by atoms with van der Waals surface area (Å²) in [7, 11) is 1.62. The first-order valence-electron chi connectivity index (χ1n) is 4.26. The lowest BCUT2D eigenvalue weighted by Crippen LogP contribution is -2.04. The number of carboxylic acid groups (broad SMARTS) is 1. The molecule has 2 heterocycles. The molecule has 0 aliphatic carbocycles. The summed E-state index contributed by atoms with van der Waals surface area (Å²) in [4.78, 5) is 18.6. The van der Waals surface area contributed by atoms with Crippen LogP contribution in [-0.4, -0.2) is 25.6 Å². The summed E-state index contributed by atoms with van der Waals surface area (Å²) in [5.74, 6) is -0.597. The van der Waals surface area contributed by atoms with Crippen LogP contribution in [0.5, 0.6) is 0 Å². The lowest BCUT2D eigenvalue weighted by molar-refractivity contribution is 0.0680. The van der Waals surface area contributed by atoms with E-state index in [0.717, 1.165) is 0 Å². The fourth-order valence-electron chi connectivity index (χ4n) is 1.32. The standard InChI is InChI=1S/C9H9N3O3/c1-5-7(15-4-10-5)6-3-12(2)8(11-6)9(13)14/h3-4H,1-2H3,(H,13,14). The molecule has 0 bridgehead atoms. The number of rotatable bonds is 2. The molecule has 78 valence electrons. The lowest BCUT2D eigenvalue weighted by Gasteiger charge is -1.90. The van der Waals surface area contributed by atoms with Gasteiger partial charge < -0.3 is 14.1 Å². The van der Waals surface area contributed by atoms with Crippen LogP contribution >= 0.6 is 0 Å². The summed E-state index contributed by atoms with van der Waals surface area (Å²) in [5.41, 5.74) is 1.16. The third-order valence-electron chi connectivity index (χ3n) is 2.05. The van der Waals surface area contributed by atoms with Crippen molar-refractivity contribution in [2.24, 2.45) is 7.05 Å². The highest BCUT2D eigenvalue weighted by molar-refractivity contribution is 5.84. The van der Waals surface area contributed by atoms with Gasteiger partial charge >= 0.3 is 5.97 Å². The number of carbonyl (C=O) groups is 1. The Bertz CT molecular complexity index is 512. The maximum absolute atomic E-state index is 10.8. The van der Waals surface area contributed by atoms with Crippen molar-refractivity contribution < 1.29 is 14.3 Å². The molecule has 0 atom stereocenters. The zero-order valence-corrected chi connectivity index (χ0v) is 8.26. The number of nitrogens with zero attached hydrogens (tertiary/aromatic N) is 3. The molecule has 2 rings (SSSR count). The Morgan fingerprint density at radius 3 is 2.80 bits per heavy atom. The van der Waals surface area contributed by atoms with E-state index < -0.39 is 5.97 Å². The van der Waals surface area contributed by atoms with Crippen molar-refractivity contribution in [2.75, 3.05) is 0 Å². The van der Waals surface area contributed by atoms with Crippen molar-refractivity contribution in [3.05, 3.63) is 24.1 Å². The van der Waals surface area contributed by atoms with Gasteiger partial charge in [0.05, 0.1) is 5.69 Å². The van der Waals surface area contributed by atoms with E-state index in [1.807, 2.05) is 0 Å². The van der Waals surface area contributed by atoms with Crippen LogP contribution in [0.25, 0.3) is 11.5 Å². The summed E-state index contributed by atoms with van der Waals surface area (Å²) in [6.07, 6.45) is 2.90. The number of aromatic nitrogens is 3. The van der Waals surface area contributed by atoms with Crippen molar-refractivity contribution in [1.82, 2.24) is 14.5 Å². The molecule has 0 saturated heterocycles. The van der Waals surface area contributed by atoms with E-state index in [1.165, 1.54) is 11.0 Å². The molecule has 0 saturated carbocycles. The van der Waals surface area contributed by atoms with E-state index in [2.05, 4.69) is 9.97 Å². The Morgan fingerprint density at radius 2 is 2.33 bits per heavy atom. The molecule has 1 N–H and O–H groups in total. The third-order valence-corrected chi connectivity index (χ3v) is 2.05. The second-order valence-corrected chi connectivity index (χ2v) is 3.13. The van der Waals surface area contributed by atoms with Crippen LogP contribution in [0.15, 0.2) is 17.0 Å². The molecular weight excluding hydrogens is 198 g/mol. The average Bonchev–Trinajstić information content (AvgIpc) is 2.71. The molecule has 0 amide bonds. The molecule has 6 heteroatoms. The Balaban J connectivity index is 2.52. The molecule has 0 fully saturated rings. The van der Waals surface area contributed by atoms with Gasteiger partial charge in [-0.05, 0) is 6.92 Å². The van der Waals surface area contributed by atoms with Gasteiger partial charge in [0.1, 0.15) is 5.69 Å². The van der Waals surface area contributed by atoms with E-state index in [-0.39, 0.29) is 5.82 Å². The Kier molecular flexibility index (Phi) is 2.03. The smallest absolute Gasteiger partial charge is 0.372 e. The molecule has 0 spiro atoms. The average molecular weight is 207 g/mol. The molecule has 0 aliphatic heterocycles. The number of hydrogen-bond acceptors (Lipinski definition) is 4. The molecule has 6 nitrogen and oxygen atoms in total. The molecule has 0 radical (unpaired) electrons. The van der Waals surface area contributed by atoms with Gasteiger partial charge in [0.2, 0.25) is 5.82 Å². The van der Waals surface area contributed by atoms with Crippen molar-refractivity contribution >= 4 is 5.97 Å². The normalized spacial score (nSPS) is 10.5. The summed E-state index contributed by atoms with van der Waals surface area (Å²) < 4.78 is 6.55. The van der Waals surface area contributed by atoms with Gasteiger partial charge in [-0.25, -0.2) is 14.8 Å². The van der Waals surface area contributed by atoms with Crippen LogP contribution < -0.4 is 0 Å². The van der Waals surface area contributed by atoms with Crippen LogP contribution in [0.1, 0.15) is 16.3 Å². The van der Waals surface area contributed by atoms with Crippen LogP contribution in [0.2, 0.25) is 0 Å². The second-order valence-electron chi connectivity index (χ2n) is 3.13. The van der Waals surface area contributed by atoms with Gasteiger partial charge in [-0.3, -0.25) is 0 Å². The Morgan fingerprint density at radius 1 is 1.60 bits per heavy atom. The molecule has 0 aliphatic rings. The van der Waals surface area contributed by atoms with Crippen molar-refractivity contribution in [3.63, 3.8) is 0 Å². The lowest BCUT2D eigenvalue weighted by atomic mass is 10.3. The largest absolute Gasteiger partial charge is 0.475 e.